The first-order valence-electron chi connectivity index (χ1n) is 7.67. The largest absolute Gasteiger partial charge is 0.357 e. The predicted molar refractivity (Wildman–Crippen MR) is 112 cm³/mol. The Morgan fingerprint density at radius 2 is 2.16 bits per heavy atom. The molecule has 0 radical (unpaired) electrons. The SMILES string of the molecule is CCNC(=NCc1cc(F)ccc1F)NCCCSc1nccs1.I. The highest BCUT2D eigenvalue weighted by atomic mass is 127. The van der Waals surface area contributed by atoms with E-state index in [0.717, 1.165) is 35.2 Å². The Hall–Kier alpha value is -0.940. The number of guanidine groups is 1. The molecule has 2 rings (SSSR count). The number of aromatic nitrogens is 1. The number of nitrogens with one attached hydrogen (secondary N) is 2. The van der Waals surface area contributed by atoms with Gasteiger partial charge in [-0.25, -0.2) is 18.8 Å². The molecule has 0 fully saturated rings. The Morgan fingerprint density at radius 3 is 2.88 bits per heavy atom. The van der Waals surface area contributed by atoms with Gasteiger partial charge in [0.05, 0.1) is 6.54 Å². The van der Waals surface area contributed by atoms with E-state index in [1.807, 2.05) is 12.3 Å². The summed E-state index contributed by atoms with van der Waals surface area (Å²) in [5, 5.41) is 8.25. The van der Waals surface area contributed by atoms with Crippen LogP contribution in [0.15, 0.2) is 39.1 Å². The summed E-state index contributed by atoms with van der Waals surface area (Å²) in [6.07, 6.45) is 2.75. The third-order valence-corrected chi connectivity index (χ3v) is 5.06. The minimum atomic E-state index is -0.459. The number of rotatable bonds is 8. The molecule has 4 nitrogen and oxygen atoms in total. The van der Waals surface area contributed by atoms with Crippen molar-refractivity contribution in [3.63, 3.8) is 0 Å². The van der Waals surface area contributed by atoms with E-state index in [0.29, 0.717) is 12.5 Å². The van der Waals surface area contributed by atoms with E-state index in [1.54, 1.807) is 29.3 Å². The van der Waals surface area contributed by atoms with Gasteiger partial charge in [-0.3, -0.25) is 0 Å². The number of thioether (sulfide) groups is 1. The van der Waals surface area contributed by atoms with Gasteiger partial charge in [0.1, 0.15) is 16.0 Å². The molecule has 1 aromatic heterocycles. The lowest BCUT2D eigenvalue weighted by atomic mass is 10.2. The molecule has 0 aliphatic rings. The Balaban J connectivity index is 0.00000312. The van der Waals surface area contributed by atoms with Gasteiger partial charge in [-0.1, -0.05) is 11.8 Å². The first kappa shape index (κ1) is 22.1. The van der Waals surface area contributed by atoms with Gasteiger partial charge in [-0.15, -0.1) is 35.3 Å². The molecule has 1 aromatic carbocycles. The van der Waals surface area contributed by atoms with Crippen molar-refractivity contribution in [2.45, 2.75) is 24.2 Å². The van der Waals surface area contributed by atoms with E-state index >= 15 is 0 Å². The number of halogens is 3. The fraction of sp³-hybridized carbons (Fsp3) is 0.375. The third-order valence-electron chi connectivity index (χ3n) is 3.01. The molecule has 0 saturated heterocycles. The minimum absolute atomic E-state index is 0. The van der Waals surface area contributed by atoms with Crippen LogP contribution in [0.4, 0.5) is 8.78 Å². The number of benzene rings is 1. The van der Waals surface area contributed by atoms with Crippen molar-refractivity contribution in [3.8, 4) is 0 Å². The number of thiazole rings is 1. The molecule has 138 valence electrons. The number of nitrogens with zero attached hydrogens (tertiary/aromatic N) is 2. The maximum atomic E-state index is 13.6. The van der Waals surface area contributed by atoms with Crippen molar-refractivity contribution in [3.05, 3.63) is 47.0 Å². The van der Waals surface area contributed by atoms with Gasteiger partial charge in [0.15, 0.2) is 5.96 Å². The van der Waals surface area contributed by atoms with Crippen LogP contribution < -0.4 is 10.6 Å². The fourth-order valence-electron chi connectivity index (χ4n) is 1.89. The van der Waals surface area contributed by atoms with E-state index < -0.39 is 11.6 Å². The summed E-state index contributed by atoms with van der Waals surface area (Å²) < 4.78 is 27.8. The topological polar surface area (TPSA) is 49.3 Å². The van der Waals surface area contributed by atoms with Crippen LogP contribution in [0, 0.1) is 11.6 Å². The standard InChI is InChI=1S/C16H20F2N4S2.HI/c1-2-19-15(20-6-3-8-23-16-21-7-9-24-16)22-11-12-10-13(17)4-5-14(12)18;/h4-5,7,9-10H,2-3,6,8,11H2,1H3,(H2,19,20,22);1H. The molecule has 0 aliphatic heterocycles. The van der Waals surface area contributed by atoms with Crippen molar-refractivity contribution in [1.29, 1.82) is 0 Å². The third kappa shape index (κ3) is 8.32. The zero-order valence-corrected chi connectivity index (χ0v) is 17.8. The molecule has 0 aliphatic carbocycles. The summed E-state index contributed by atoms with van der Waals surface area (Å²) in [4.78, 5) is 8.52. The smallest absolute Gasteiger partial charge is 0.191 e. The van der Waals surface area contributed by atoms with Gasteiger partial charge in [0.2, 0.25) is 0 Å². The van der Waals surface area contributed by atoms with Crippen LogP contribution in [-0.2, 0) is 6.54 Å². The minimum Gasteiger partial charge on any atom is -0.357 e. The number of hydrogen-bond acceptors (Lipinski definition) is 4. The number of hydrogen-bond donors (Lipinski definition) is 2. The van der Waals surface area contributed by atoms with Crippen LogP contribution in [-0.4, -0.2) is 29.8 Å². The number of aliphatic imine (C=N–C) groups is 1. The summed E-state index contributed by atoms with van der Waals surface area (Å²) in [7, 11) is 0. The van der Waals surface area contributed by atoms with Crippen LogP contribution in [0.2, 0.25) is 0 Å². The van der Waals surface area contributed by atoms with Gasteiger partial charge in [-0.2, -0.15) is 0 Å². The molecular weight excluding hydrogens is 477 g/mol. The highest BCUT2D eigenvalue weighted by Crippen LogP contribution is 2.20. The van der Waals surface area contributed by atoms with E-state index in [-0.39, 0.29) is 36.1 Å². The molecule has 1 heterocycles. The second-order valence-corrected chi connectivity index (χ2v) is 7.09. The molecule has 9 heteroatoms. The van der Waals surface area contributed by atoms with Crippen molar-refractivity contribution in [2.75, 3.05) is 18.8 Å². The summed E-state index contributed by atoms with van der Waals surface area (Å²) in [6.45, 7) is 3.49. The summed E-state index contributed by atoms with van der Waals surface area (Å²) >= 11 is 3.35. The second kappa shape index (κ2) is 12.4. The molecule has 2 N–H and O–H groups in total. The molecule has 0 saturated carbocycles. The fourth-order valence-corrected chi connectivity index (χ4v) is 3.54. The van der Waals surface area contributed by atoms with Crippen LogP contribution in [0.3, 0.4) is 0 Å². The highest BCUT2D eigenvalue weighted by molar-refractivity contribution is 14.0. The molecule has 0 spiro atoms. The van der Waals surface area contributed by atoms with E-state index in [2.05, 4.69) is 20.6 Å². The Labute approximate surface area is 171 Å². The molecular formula is C16H21F2IN4S2. The molecule has 2 aromatic rings. The van der Waals surface area contributed by atoms with Crippen molar-refractivity contribution in [2.24, 2.45) is 4.99 Å². The van der Waals surface area contributed by atoms with Gasteiger partial charge in [-0.05, 0) is 31.5 Å². The summed E-state index contributed by atoms with van der Waals surface area (Å²) in [6, 6.07) is 3.40. The lowest BCUT2D eigenvalue weighted by Gasteiger charge is -2.11. The summed E-state index contributed by atoms with van der Waals surface area (Å²) in [5.74, 6) is 0.647. The Bertz CT molecular complexity index is 654. The van der Waals surface area contributed by atoms with E-state index in [1.165, 1.54) is 6.07 Å². The zero-order chi connectivity index (χ0) is 17.2. The summed E-state index contributed by atoms with van der Waals surface area (Å²) in [5.41, 5.74) is 0.242. The maximum Gasteiger partial charge on any atom is 0.191 e. The quantitative estimate of drug-likeness (QED) is 0.188. The van der Waals surface area contributed by atoms with Crippen LogP contribution >= 0.6 is 47.1 Å². The second-order valence-electron chi connectivity index (χ2n) is 4.86. The van der Waals surface area contributed by atoms with Crippen LogP contribution in [0.1, 0.15) is 18.9 Å². The lowest BCUT2D eigenvalue weighted by Crippen LogP contribution is -2.37. The van der Waals surface area contributed by atoms with Gasteiger partial charge in [0.25, 0.3) is 0 Å². The highest BCUT2D eigenvalue weighted by Gasteiger charge is 2.04. The Morgan fingerprint density at radius 1 is 1.32 bits per heavy atom. The monoisotopic (exact) mass is 498 g/mol. The average Bonchev–Trinajstić information content (AvgIpc) is 3.08. The average molecular weight is 498 g/mol. The predicted octanol–water partition coefficient (Wildman–Crippen LogP) is 4.28. The molecule has 0 bridgehead atoms. The molecule has 0 unspecified atom stereocenters. The normalized spacial score (nSPS) is 11.1. The van der Waals surface area contributed by atoms with Gasteiger partial charge >= 0.3 is 0 Å². The van der Waals surface area contributed by atoms with Crippen molar-refractivity contribution in [1.82, 2.24) is 15.6 Å². The molecule has 0 atom stereocenters. The van der Waals surface area contributed by atoms with Gasteiger partial charge in [0, 0.05) is 36.0 Å². The van der Waals surface area contributed by atoms with Crippen molar-refractivity contribution >= 4 is 53.0 Å². The lowest BCUT2D eigenvalue weighted by molar-refractivity contribution is 0.585. The zero-order valence-electron chi connectivity index (χ0n) is 13.8. The van der Waals surface area contributed by atoms with Crippen LogP contribution in [0.5, 0.6) is 0 Å². The first-order valence-corrected chi connectivity index (χ1v) is 9.54. The molecule has 25 heavy (non-hydrogen) atoms. The molecule has 0 amide bonds. The van der Waals surface area contributed by atoms with E-state index in [4.69, 9.17) is 0 Å². The van der Waals surface area contributed by atoms with Crippen LogP contribution in [0.25, 0.3) is 0 Å². The first-order chi connectivity index (χ1) is 11.7. The van der Waals surface area contributed by atoms with E-state index in [9.17, 15) is 8.78 Å². The maximum absolute atomic E-state index is 13.6. The Kier molecular flexibility index (Phi) is 11.0. The van der Waals surface area contributed by atoms with Gasteiger partial charge < -0.3 is 10.6 Å². The van der Waals surface area contributed by atoms with Crippen molar-refractivity contribution < 1.29 is 8.78 Å².